The van der Waals surface area contributed by atoms with Crippen LogP contribution in [0.3, 0.4) is 0 Å². The molecule has 27 heteroatoms. The molecule has 79 heavy (non-hydrogen) atoms. The van der Waals surface area contributed by atoms with Gasteiger partial charge in [0, 0.05) is 24.6 Å². The van der Waals surface area contributed by atoms with E-state index in [1.165, 1.54) is 116 Å². The summed E-state index contributed by atoms with van der Waals surface area (Å²) in [5.41, 5.74) is -1.23. The third-order valence-corrected chi connectivity index (χ3v) is 18.9. The molecule has 1 aromatic heterocycles. The molecule has 454 valence electrons. The molecule has 0 bridgehead atoms. The second-order valence-electron chi connectivity index (χ2n) is 20.3. The van der Waals surface area contributed by atoms with Gasteiger partial charge in [-0.15, -0.1) is 0 Å². The van der Waals surface area contributed by atoms with E-state index in [4.69, 9.17) is 35.8 Å². The maximum absolute atomic E-state index is 15.0. The van der Waals surface area contributed by atoms with Crippen LogP contribution in [0.2, 0.25) is 0 Å². The lowest BCUT2D eigenvalue weighted by atomic mass is 10.0. The molecule has 0 aliphatic carbocycles. The van der Waals surface area contributed by atoms with Crippen LogP contribution >= 0.6 is 22.7 Å². The van der Waals surface area contributed by atoms with E-state index >= 15 is 0 Å². The molecule has 0 aromatic carbocycles. The van der Waals surface area contributed by atoms with Gasteiger partial charge in [0.25, 0.3) is 13.0 Å². The molecule has 6 unspecified atom stereocenters. The van der Waals surface area contributed by atoms with Gasteiger partial charge in [-0.3, -0.25) is 47.2 Å². The maximum Gasteiger partial charge on any atom is 0.444 e. The number of aromatic amines is 1. The number of esters is 4. The van der Waals surface area contributed by atoms with Crippen LogP contribution in [-0.4, -0.2) is 101 Å². The highest BCUT2D eigenvalue weighted by atomic mass is 31.3. The smallest absolute Gasteiger partial charge is 0.444 e. The van der Waals surface area contributed by atoms with Gasteiger partial charge in [0.1, 0.15) is 26.0 Å². The summed E-state index contributed by atoms with van der Waals surface area (Å²) in [5.74, 6) is -3.11. The van der Waals surface area contributed by atoms with E-state index in [1.807, 2.05) is 0 Å². The van der Waals surface area contributed by atoms with E-state index in [0.717, 1.165) is 55.9 Å². The van der Waals surface area contributed by atoms with Gasteiger partial charge in [-0.2, -0.15) is 8.78 Å². The zero-order valence-corrected chi connectivity index (χ0v) is 49.6. The third kappa shape index (κ3) is 31.3. The predicted octanol–water partition coefficient (Wildman–Crippen LogP) is 12.1. The third-order valence-electron chi connectivity index (χ3n) is 13.2. The van der Waals surface area contributed by atoms with E-state index < -0.39 is 121 Å². The zero-order valence-electron chi connectivity index (χ0n) is 46.9. The van der Waals surface area contributed by atoms with Gasteiger partial charge in [-0.1, -0.05) is 168 Å². The Hall–Kier alpha value is -3.07. The molecule has 2 rings (SSSR count). The minimum absolute atomic E-state index is 0.109. The van der Waals surface area contributed by atoms with Crippen molar-refractivity contribution in [2.75, 3.05) is 33.0 Å². The molecule has 2 heterocycles. The van der Waals surface area contributed by atoms with Gasteiger partial charge in [0.15, 0.2) is 6.10 Å². The number of nitrogens with one attached hydrogen (secondary N) is 1. The maximum atomic E-state index is 15.0. The molecule has 1 fully saturated rings. The van der Waals surface area contributed by atoms with Crippen molar-refractivity contribution in [2.45, 2.75) is 250 Å². The van der Waals surface area contributed by atoms with Gasteiger partial charge >= 0.3 is 50.2 Å². The normalized spacial score (nSPS) is 17.3. The van der Waals surface area contributed by atoms with Crippen molar-refractivity contribution in [3.05, 3.63) is 32.6 Å². The predicted molar refractivity (Wildman–Crippen MR) is 293 cm³/mol. The Morgan fingerprint density at radius 3 is 1.56 bits per heavy atom. The number of hydrogen-bond donors (Lipinski definition) is 3. The molecule has 2 radical (unpaired) electrons. The van der Waals surface area contributed by atoms with Crippen LogP contribution in [0.25, 0.3) is 0 Å². The minimum Gasteiger partial charge on any atom is -0.463 e. The van der Waals surface area contributed by atoms with Gasteiger partial charge in [0.05, 0.1) is 32.2 Å². The van der Waals surface area contributed by atoms with Gasteiger partial charge in [-0.25, -0.2) is 9.11 Å². The Labute approximate surface area is 466 Å². The van der Waals surface area contributed by atoms with Crippen LogP contribution < -0.4 is 11.2 Å². The summed E-state index contributed by atoms with van der Waals surface area (Å²) in [6.45, 7) is 2.02. The van der Waals surface area contributed by atoms with Crippen molar-refractivity contribution >= 4 is 54.1 Å². The number of hydrogen-bond acceptors (Lipinski definition) is 17. The number of rotatable bonds is 48. The monoisotopic (exact) mass is 1190 g/mol. The number of carbonyl (C=O) groups excluding carboxylic acids is 4. The SMILES string of the molecule is [B]P(=O)(OCC1CCC(n2cc(C)c(=O)[nH]c2=O)O1)OP(=O)(O)C(F)(F)P(=O)(O)OCCOC(=O)CCC(=O)OCC(COC(=O)CCCCCCCCCCCCCCC)OC(=O)CCCCCCCCCCCCCCC. The van der Waals surface area contributed by atoms with E-state index in [9.17, 15) is 61.0 Å². The van der Waals surface area contributed by atoms with Crippen molar-refractivity contribution in [3.63, 3.8) is 0 Å². The first-order chi connectivity index (χ1) is 37.5. The average molecular weight is 1190 g/mol. The lowest BCUT2D eigenvalue weighted by molar-refractivity contribution is -0.167. The molecule has 1 aliphatic rings. The molecule has 3 N–H and O–H groups in total. The topological polar surface area (TPSA) is 289 Å². The summed E-state index contributed by atoms with van der Waals surface area (Å²) >= 11 is 0. The Morgan fingerprint density at radius 2 is 1.08 bits per heavy atom. The fourth-order valence-electron chi connectivity index (χ4n) is 8.51. The van der Waals surface area contributed by atoms with E-state index in [-0.39, 0.29) is 37.9 Å². The number of carbonyl (C=O) groups is 4. The molecule has 0 saturated carbocycles. The molecule has 1 aromatic rings. The minimum atomic E-state index is -6.74. The highest BCUT2D eigenvalue weighted by molar-refractivity contribution is 7.86. The Balaban J connectivity index is 1.78. The zero-order chi connectivity index (χ0) is 58.6. The van der Waals surface area contributed by atoms with E-state index in [1.54, 1.807) is 0 Å². The first-order valence-corrected chi connectivity index (χ1v) is 33.4. The van der Waals surface area contributed by atoms with Crippen molar-refractivity contribution in [3.8, 4) is 0 Å². The lowest BCUT2D eigenvalue weighted by Crippen LogP contribution is -2.33. The second-order valence-corrected chi connectivity index (χ2v) is 26.1. The summed E-state index contributed by atoms with van der Waals surface area (Å²) in [4.78, 5) is 96.3. The lowest BCUT2D eigenvalue weighted by Gasteiger charge is -2.27. The number of unbranched alkanes of at least 4 members (excludes halogenated alkanes) is 24. The summed E-state index contributed by atoms with van der Waals surface area (Å²) in [6.07, 6.45) is 27.1. The average Bonchev–Trinajstić information content (AvgIpc) is 3.97. The summed E-state index contributed by atoms with van der Waals surface area (Å²) in [7, 11) is -13.4. The molecule has 21 nitrogen and oxygen atoms in total. The summed E-state index contributed by atoms with van der Waals surface area (Å²) in [6, 6.07) is 0. The van der Waals surface area contributed by atoms with Crippen molar-refractivity contribution in [2.24, 2.45) is 0 Å². The summed E-state index contributed by atoms with van der Waals surface area (Å²) in [5, 5.41) is -5.65. The van der Waals surface area contributed by atoms with Crippen LogP contribution in [0.15, 0.2) is 15.8 Å². The van der Waals surface area contributed by atoms with Gasteiger partial charge < -0.3 is 42.5 Å². The number of aryl methyl sites for hydroxylation is 1. The number of alkyl halides is 2. The van der Waals surface area contributed by atoms with E-state index in [0.29, 0.717) is 12.8 Å². The van der Waals surface area contributed by atoms with Crippen LogP contribution in [0, 0.1) is 6.92 Å². The highest BCUT2D eigenvalue weighted by Gasteiger charge is 2.67. The Bertz CT molecular complexity index is 2200. The standard InChI is InChI=1S/C52H90BF2N2O19P3/c1-4-6-8-10-12-14-16-18-20-22-24-26-28-30-46(58)70-39-44(75-49(61)31-29-27-25-23-21-19-17-15-13-11-9-7-5-2)40-71-48(60)35-34-47(59)69-36-37-72-77(64,65)52(54,55)78(66,67)76-79(53,68)73-41-43-32-33-45(74-43)57-38-42(3)50(62)56-51(57)63/h38,43-45H,4-37,39-41H2,1-3H3,(H,64,65)(H,66,67)(H,56,62,63). The highest BCUT2D eigenvalue weighted by Crippen LogP contribution is 2.79. The fraction of sp³-hybridized carbons (Fsp3) is 0.846. The first kappa shape index (κ1) is 72.0. The molecular formula is C52H90BF2N2O19P3. The first-order valence-electron chi connectivity index (χ1n) is 28.6. The molecule has 0 amide bonds. The Morgan fingerprint density at radius 1 is 0.646 bits per heavy atom. The Kier molecular flexibility index (Phi) is 36.7. The summed E-state index contributed by atoms with van der Waals surface area (Å²) < 4.78 is 108. The molecule has 1 saturated heterocycles. The number of aromatic nitrogens is 2. The number of nitrogens with zero attached hydrogens (tertiary/aromatic N) is 1. The number of H-pyrrole nitrogens is 1. The molecule has 1 aliphatic heterocycles. The number of halogens is 2. The quantitative estimate of drug-likeness (QED) is 0.0180. The van der Waals surface area contributed by atoms with Crippen molar-refractivity contribution in [1.82, 2.24) is 9.55 Å². The van der Waals surface area contributed by atoms with E-state index in [2.05, 4.69) is 27.7 Å². The van der Waals surface area contributed by atoms with Crippen LogP contribution in [0.1, 0.15) is 231 Å². The van der Waals surface area contributed by atoms with Gasteiger partial charge in [-0.05, 0) is 32.6 Å². The van der Waals surface area contributed by atoms with Gasteiger partial charge in [0.2, 0.25) is 7.57 Å². The van der Waals surface area contributed by atoms with Crippen LogP contribution in [-0.2, 0) is 69.9 Å². The molecular weight excluding hydrogens is 1100 g/mol. The van der Waals surface area contributed by atoms with Crippen LogP contribution in [0.5, 0.6) is 0 Å². The van der Waals surface area contributed by atoms with Crippen molar-refractivity contribution in [1.29, 1.82) is 0 Å². The number of ether oxygens (including phenoxy) is 5. The second kappa shape index (κ2) is 40.2. The molecule has 0 spiro atoms. The largest absolute Gasteiger partial charge is 0.463 e. The van der Waals surface area contributed by atoms with Crippen molar-refractivity contribution < 1.29 is 88.5 Å². The fourth-order valence-corrected chi connectivity index (χ4v) is 13.0. The molecule has 6 atom stereocenters. The van der Waals surface area contributed by atoms with Crippen LogP contribution in [0.4, 0.5) is 8.78 Å².